The number of fused-ring (bicyclic) bond motifs is 1. The summed E-state index contributed by atoms with van der Waals surface area (Å²) in [6, 6.07) is 10.2. The molecule has 2 aromatic carbocycles. The van der Waals surface area contributed by atoms with E-state index in [1.54, 1.807) is 12.1 Å². The number of aromatic amines is 1. The van der Waals surface area contributed by atoms with Crippen LogP contribution in [-0.4, -0.2) is 33.6 Å². The Labute approximate surface area is 190 Å². The highest BCUT2D eigenvalue weighted by Crippen LogP contribution is 2.35. The molecule has 1 aliphatic heterocycles. The van der Waals surface area contributed by atoms with Crippen molar-refractivity contribution in [3.8, 4) is 11.1 Å². The molecular weight excluding hydrogens is 436 g/mol. The average Bonchev–Trinajstić information content (AvgIpc) is 3.36. The Kier molecular flexibility index (Phi) is 5.49. The lowest BCUT2D eigenvalue weighted by Crippen LogP contribution is -2.40. The number of nitrogens with one attached hydrogen (secondary N) is 1. The first-order valence-corrected chi connectivity index (χ1v) is 11.3. The van der Waals surface area contributed by atoms with Crippen LogP contribution in [0.25, 0.3) is 11.1 Å². The molecule has 2 aliphatic rings. The molecule has 2 heterocycles. The van der Waals surface area contributed by atoms with E-state index in [0.29, 0.717) is 22.9 Å². The molecule has 5 rings (SSSR count). The number of nitrogens with zero attached hydrogens (tertiary/aromatic N) is 2. The lowest BCUT2D eigenvalue weighted by molar-refractivity contribution is -0.129. The maximum Gasteiger partial charge on any atom is 0.222 e. The number of hydrogen-bond acceptors (Lipinski definition) is 2. The maximum absolute atomic E-state index is 13.2. The molecule has 0 spiro atoms. The lowest BCUT2D eigenvalue weighted by atomic mass is 9.89. The Morgan fingerprint density at radius 2 is 1.84 bits per heavy atom. The fourth-order valence-corrected chi connectivity index (χ4v) is 5.38. The van der Waals surface area contributed by atoms with Gasteiger partial charge in [-0.15, -0.1) is 0 Å². The normalized spacial score (nSPS) is 18.5. The molecule has 1 saturated heterocycles. The zero-order chi connectivity index (χ0) is 21.5. The molecule has 160 valence electrons. The van der Waals surface area contributed by atoms with Gasteiger partial charge in [-0.2, -0.15) is 5.10 Å². The number of aryl methyl sites for hydroxylation is 1. The first-order chi connectivity index (χ1) is 15.0. The van der Waals surface area contributed by atoms with Crippen molar-refractivity contribution < 1.29 is 9.18 Å². The zero-order valence-corrected chi connectivity index (χ0v) is 18.4. The van der Waals surface area contributed by atoms with Crippen molar-refractivity contribution in [3.05, 3.63) is 74.8 Å². The van der Waals surface area contributed by atoms with Crippen molar-refractivity contribution in [1.82, 2.24) is 15.1 Å². The van der Waals surface area contributed by atoms with Gasteiger partial charge in [0, 0.05) is 41.2 Å². The van der Waals surface area contributed by atoms with Crippen LogP contribution in [0.2, 0.25) is 10.0 Å². The van der Waals surface area contributed by atoms with Crippen molar-refractivity contribution >= 4 is 29.1 Å². The number of carbonyl (C=O) groups is 1. The van der Waals surface area contributed by atoms with E-state index in [1.807, 2.05) is 17.0 Å². The smallest absolute Gasteiger partial charge is 0.222 e. The number of carbonyl (C=O) groups excluding carboxylic acids is 1. The van der Waals surface area contributed by atoms with Gasteiger partial charge in [0.05, 0.1) is 5.69 Å². The van der Waals surface area contributed by atoms with Gasteiger partial charge in [-0.1, -0.05) is 35.3 Å². The predicted molar refractivity (Wildman–Crippen MR) is 120 cm³/mol. The Hall–Kier alpha value is -2.37. The van der Waals surface area contributed by atoms with Crippen LogP contribution in [0.1, 0.15) is 41.8 Å². The fourth-order valence-electron chi connectivity index (χ4n) is 4.76. The number of amides is 1. The number of hydrogen-bond donors (Lipinski definition) is 1. The first kappa shape index (κ1) is 20.5. The second kappa shape index (κ2) is 8.29. The summed E-state index contributed by atoms with van der Waals surface area (Å²) in [5.74, 6) is -0.0178. The van der Waals surface area contributed by atoms with Gasteiger partial charge in [-0.25, -0.2) is 4.39 Å². The molecule has 4 nitrogen and oxygen atoms in total. The molecule has 7 heteroatoms. The van der Waals surface area contributed by atoms with Crippen LogP contribution in [-0.2, 0) is 24.1 Å². The van der Waals surface area contributed by atoms with Gasteiger partial charge in [0.15, 0.2) is 0 Å². The first-order valence-electron chi connectivity index (χ1n) is 10.6. The highest BCUT2D eigenvalue weighted by molar-refractivity contribution is 6.36. The standard InChI is InChI=1S/C24H22Cl2FN3O/c25-20-10-15(14-3-5-16(27)6-4-14)11-21(26)18(20)13-23-19-12-17(7-8-22(19)28-29-23)30-9-1-2-24(30)31/h3-6,10-11,17H,1-2,7-9,12-13H2,(H,28,29). The van der Waals surface area contributed by atoms with E-state index in [2.05, 4.69) is 10.2 Å². The SMILES string of the molecule is O=C1CCCN1C1CCc2[nH]nc(Cc3c(Cl)cc(-c4ccc(F)cc4)cc3Cl)c2C1. The molecule has 1 unspecified atom stereocenters. The molecule has 0 radical (unpaired) electrons. The summed E-state index contributed by atoms with van der Waals surface area (Å²) < 4.78 is 13.2. The summed E-state index contributed by atoms with van der Waals surface area (Å²) >= 11 is 13.2. The van der Waals surface area contributed by atoms with Crippen LogP contribution < -0.4 is 0 Å². The van der Waals surface area contributed by atoms with Gasteiger partial charge in [0.1, 0.15) is 5.82 Å². The van der Waals surface area contributed by atoms with Crippen LogP contribution in [0.15, 0.2) is 36.4 Å². The average molecular weight is 458 g/mol. The maximum atomic E-state index is 13.2. The molecule has 3 aromatic rings. The Morgan fingerprint density at radius 3 is 2.52 bits per heavy atom. The van der Waals surface area contributed by atoms with Gasteiger partial charge in [0.2, 0.25) is 5.91 Å². The quantitative estimate of drug-likeness (QED) is 0.554. The van der Waals surface area contributed by atoms with Crippen LogP contribution in [0.4, 0.5) is 4.39 Å². The number of H-pyrrole nitrogens is 1. The molecule has 1 N–H and O–H groups in total. The van der Waals surface area contributed by atoms with Crippen LogP contribution in [0.3, 0.4) is 0 Å². The van der Waals surface area contributed by atoms with E-state index >= 15 is 0 Å². The zero-order valence-electron chi connectivity index (χ0n) is 16.9. The van der Waals surface area contributed by atoms with E-state index in [-0.39, 0.29) is 17.8 Å². The van der Waals surface area contributed by atoms with Crippen molar-refractivity contribution in [2.24, 2.45) is 0 Å². The minimum atomic E-state index is -0.283. The number of aromatic nitrogens is 2. The van der Waals surface area contributed by atoms with Gasteiger partial charge in [-0.05, 0) is 72.2 Å². The van der Waals surface area contributed by atoms with Crippen molar-refractivity contribution in [2.45, 2.75) is 44.6 Å². The highest BCUT2D eigenvalue weighted by atomic mass is 35.5. The van der Waals surface area contributed by atoms with E-state index in [0.717, 1.165) is 60.3 Å². The molecule has 31 heavy (non-hydrogen) atoms. The summed E-state index contributed by atoms with van der Waals surface area (Å²) in [5.41, 5.74) is 5.79. The Morgan fingerprint density at radius 1 is 1.10 bits per heavy atom. The van der Waals surface area contributed by atoms with E-state index in [9.17, 15) is 9.18 Å². The van der Waals surface area contributed by atoms with E-state index in [4.69, 9.17) is 23.2 Å². The summed E-state index contributed by atoms with van der Waals surface area (Å²) in [5, 5.41) is 8.86. The summed E-state index contributed by atoms with van der Waals surface area (Å²) in [4.78, 5) is 14.2. The van der Waals surface area contributed by atoms with Gasteiger partial charge in [0.25, 0.3) is 0 Å². The largest absolute Gasteiger partial charge is 0.339 e. The van der Waals surface area contributed by atoms with E-state index in [1.165, 1.54) is 17.7 Å². The van der Waals surface area contributed by atoms with Crippen molar-refractivity contribution in [2.75, 3.05) is 6.54 Å². The lowest BCUT2D eigenvalue weighted by Gasteiger charge is -2.31. The number of likely N-dealkylation sites (tertiary alicyclic amines) is 1. The highest BCUT2D eigenvalue weighted by Gasteiger charge is 2.32. The molecule has 1 amide bonds. The minimum absolute atomic E-state index is 0.241. The summed E-state index contributed by atoms with van der Waals surface area (Å²) in [6.07, 6.45) is 4.80. The van der Waals surface area contributed by atoms with E-state index < -0.39 is 0 Å². The van der Waals surface area contributed by atoms with Gasteiger partial charge in [-0.3, -0.25) is 9.89 Å². The molecule has 0 bridgehead atoms. The fraction of sp³-hybridized carbons (Fsp3) is 0.333. The number of benzene rings is 2. The second-order valence-electron chi connectivity index (χ2n) is 8.32. The third-order valence-corrected chi connectivity index (χ3v) is 7.09. The molecule has 1 aromatic heterocycles. The Bertz CT molecular complexity index is 1120. The number of rotatable bonds is 4. The van der Waals surface area contributed by atoms with Crippen LogP contribution in [0.5, 0.6) is 0 Å². The van der Waals surface area contributed by atoms with Crippen molar-refractivity contribution in [3.63, 3.8) is 0 Å². The monoisotopic (exact) mass is 457 g/mol. The Balaban J connectivity index is 1.40. The third kappa shape index (κ3) is 3.97. The van der Waals surface area contributed by atoms with Gasteiger partial charge >= 0.3 is 0 Å². The molecule has 1 atom stereocenters. The van der Waals surface area contributed by atoms with Crippen molar-refractivity contribution in [1.29, 1.82) is 0 Å². The molecule has 0 saturated carbocycles. The van der Waals surface area contributed by atoms with Crippen LogP contribution in [0, 0.1) is 5.82 Å². The molecule has 1 fully saturated rings. The summed E-state index contributed by atoms with van der Waals surface area (Å²) in [6.45, 7) is 0.856. The van der Waals surface area contributed by atoms with Gasteiger partial charge < -0.3 is 4.90 Å². The number of halogens is 3. The molecule has 1 aliphatic carbocycles. The summed E-state index contributed by atoms with van der Waals surface area (Å²) in [7, 11) is 0. The topological polar surface area (TPSA) is 49.0 Å². The second-order valence-corrected chi connectivity index (χ2v) is 9.13. The minimum Gasteiger partial charge on any atom is -0.339 e. The third-order valence-electron chi connectivity index (χ3n) is 6.42. The predicted octanol–water partition coefficient (Wildman–Crippen LogP) is 5.59. The van der Waals surface area contributed by atoms with Crippen LogP contribution >= 0.6 is 23.2 Å². The molecular formula is C24H22Cl2FN3O.